The molecular weight excluding hydrogens is 280 g/mol. The first kappa shape index (κ1) is 15.0. The second-order valence-electron chi connectivity index (χ2n) is 5.36. The standard InChI is InChI=1S/C14H21ClN2OS/c1-10(14(18)12-6-7-13(15)19-12)17(3)9-11-5-4-8-16(11)2/h6-7,10-11H,4-5,8-9H2,1-3H3. The number of thiophene rings is 1. The van der Waals surface area contributed by atoms with Gasteiger partial charge in [0.25, 0.3) is 0 Å². The van der Waals surface area contributed by atoms with E-state index in [1.807, 2.05) is 20.0 Å². The normalized spacial score (nSPS) is 22.1. The topological polar surface area (TPSA) is 23.6 Å². The molecule has 0 N–H and O–H groups in total. The van der Waals surface area contributed by atoms with Crippen LogP contribution in [0, 0.1) is 0 Å². The van der Waals surface area contributed by atoms with Gasteiger partial charge in [0, 0.05) is 12.6 Å². The highest BCUT2D eigenvalue weighted by atomic mass is 35.5. The van der Waals surface area contributed by atoms with Gasteiger partial charge in [-0.05, 0) is 52.5 Å². The van der Waals surface area contributed by atoms with E-state index in [0.717, 1.165) is 11.4 Å². The number of likely N-dealkylation sites (tertiary alicyclic amines) is 1. The third-order valence-corrected chi connectivity index (χ3v) is 5.27. The molecule has 2 atom stereocenters. The Balaban J connectivity index is 1.94. The van der Waals surface area contributed by atoms with Crippen LogP contribution in [-0.4, -0.2) is 54.9 Å². The number of hydrogen-bond acceptors (Lipinski definition) is 4. The van der Waals surface area contributed by atoms with Gasteiger partial charge < -0.3 is 4.90 Å². The number of ketones is 1. The lowest BCUT2D eigenvalue weighted by atomic mass is 10.1. The van der Waals surface area contributed by atoms with Crippen LogP contribution in [-0.2, 0) is 0 Å². The van der Waals surface area contributed by atoms with E-state index in [-0.39, 0.29) is 11.8 Å². The molecule has 1 aromatic heterocycles. The van der Waals surface area contributed by atoms with Gasteiger partial charge in [-0.15, -0.1) is 11.3 Å². The minimum atomic E-state index is -0.0938. The van der Waals surface area contributed by atoms with E-state index < -0.39 is 0 Å². The Kier molecular flexibility index (Phi) is 5.01. The zero-order valence-corrected chi connectivity index (χ0v) is 13.3. The van der Waals surface area contributed by atoms with Gasteiger partial charge in [-0.25, -0.2) is 0 Å². The maximum Gasteiger partial charge on any atom is 0.189 e. The van der Waals surface area contributed by atoms with Crippen molar-refractivity contribution >= 4 is 28.7 Å². The van der Waals surface area contributed by atoms with Crippen molar-refractivity contribution in [2.24, 2.45) is 0 Å². The van der Waals surface area contributed by atoms with Crippen molar-refractivity contribution in [1.82, 2.24) is 9.80 Å². The van der Waals surface area contributed by atoms with Crippen LogP contribution in [0.5, 0.6) is 0 Å². The van der Waals surface area contributed by atoms with Gasteiger partial charge in [0.15, 0.2) is 5.78 Å². The fourth-order valence-electron chi connectivity index (χ4n) is 2.55. The van der Waals surface area contributed by atoms with Crippen LogP contribution >= 0.6 is 22.9 Å². The van der Waals surface area contributed by atoms with Crippen molar-refractivity contribution in [3.63, 3.8) is 0 Å². The second-order valence-corrected chi connectivity index (χ2v) is 7.08. The van der Waals surface area contributed by atoms with Gasteiger partial charge in [-0.1, -0.05) is 11.6 Å². The number of halogens is 1. The van der Waals surface area contributed by atoms with E-state index in [1.54, 1.807) is 6.07 Å². The van der Waals surface area contributed by atoms with Gasteiger partial charge in [-0.2, -0.15) is 0 Å². The van der Waals surface area contributed by atoms with Crippen molar-refractivity contribution in [3.8, 4) is 0 Å². The van der Waals surface area contributed by atoms with Gasteiger partial charge in [0.1, 0.15) is 0 Å². The molecule has 1 saturated heterocycles. The van der Waals surface area contributed by atoms with Crippen molar-refractivity contribution in [2.45, 2.75) is 31.8 Å². The summed E-state index contributed by atoms with van der Waals surface area (Å²) in [7, 11) is 4.20. The number of Topliss-reactive ketones (excluding diaryl/α,β-unsaturated/α-hetero) is 1. The molecular formula is C14H21ClN2OS. The largest absolute Gasteiger partial charge is 0.302 e. The average molecular weight is 301 g/mol. The van der Waals surface area contributed by atoms with Crippen LogP contribution in [0.3, 0.4) is 0 Å². The molecule has 19 heavy (non-hydrogen) atoms. The summed E-state index contributed by atoms with van der Waals surface area (Å²) >= 11 is 7.26. The lowest BCUT2D eigenvalue weighted by Crippen LogP contribution is -2.43. The summed E-state index contributed by atoms with van der Waals surface area (Å²) in [4.78, 5) is 17.6. The van der Waals surface area contributed by atoms with Crippen LogP contribution in [0.4, 0.5) is 0 Å². The Morgan fingerprint density at radius 3 is 2.89 bits per heavy atom. The molecule has 3 nitrogen and oxygen atoms in total. The summed E-state index contributed by atoms with van der Waals surface area (Å²) in [6.45, 7) is 4.09. The zero-order chi connectivity index (χ0) is 14.0. The fourth-order valence-corrected chi connectivity index (χ4v) is 3.62. The summed E-state index contributed by atoms with van der Waals surface area (Å²) < 4.78 is 0.675. The van der Waals surface area contributed by atoms with E-state index in [2.05, 4.69) is 16.8 Å². The third-order valence-electron chi connectivity index (χ3n) is 4.03. The summed E-state index contributed by atoms with van der Waals surface area (Å²) in [6, 6.07) is 4.09. The highest BCUT2D eigenvalue weighted by molar-refractivity contribution is 7.18. The maximum atomic E-state index is 12.4. The lowest BCUT2D eigenvalue weighted by molar-refractivity contribution is 0.0847. The number of hydrogen-bond donors (Lipinski definition) is 0. The minimum Gasteiger partial charge on any atom is -0.302 e. The van der Waals surface area contributed by atoms with Crippen LogP contribution in [0.1, 0.15) is 29.4 Å². The van der Waals surface area contributed by atoms with Gasteiger partial charge in [0.05, 0.1) is 15.3 Å². The molecule has 2 rings (SSSR count). The predicted molar refractivity (Wildman–Crippen MR) is 81.4 cm³/mol. The Hall–Kier alpha value is -0.420. The number of carbonyl (C=O) groups is 1. The molecule has 1 aliphatic rings. The Labute approximate surface area is 124 Å². The molecule has 0 aromatic carbocycles. The van der Waals surface area contributed by atoms with Crippen LogP contribution < -0.4 is 0 Å². The SMILES string of the molecule is CC(C(=O)c1ccc(Cl)s1)N(C)CC1CCCN1C. The van der Waals surface area contributed by atoms with E-state index in [1.165, 1.54) is 30.7 Å². The van der Waals surface area contributed by atoms with Crippen LogP contribution in [0.2, 0.25) is 4.34 Å². The summed E-state index contributed by atoms with van der Waals surface area (Å²) in [5.74, 6) is 0.167. The van der Waals surface area contributed by atoms with E-state index in [4.69, 9.17) is 11.6 Å². The molecule has 5 heteroatoms. The third kappa shape index (κ3) is 3.57. The zero-order valence-electron chi connectivity index (χ0n) is 11.7. The van der Waals surface area contributed by atoms with Crippen molar-refractivity contribution in [2.75, 3.05) is 27.2 Å². The van der Waals surface area contributed by atoms with Gasteiger partial charge in [-0.3, -0.25) is 9.69 Å². The molecule has 0 aliphatic carbocycles. The first-order valence-electron chi connectivity index (χ1n) is 6.69. The first-order valence-corrected chi connectivity index (χ1v) is 7.88. The number of carbonyl (C=O) groups excluding carboxylic acids is 1. The molecule has 106 valence electrons. The second kappa shape index (κ2) is 6.35. The summed E-state index contributed by atoms with van der Waals surface area (Å²) in [6.07, 6.45) is 2.49. The first-order chi connectivity index (χ1) is 8.99. The van der Waals surface area contributed by atoms with Crippen molar-refractivity contribution in [1.29, 1.82) is 0 Å². The smallest absolute Gasteiger partial charge is 0.189 e. The number of rotatable bonds is 5. The lowest BCUT2D eigenvalue weighted by Gasteiger charge is -2.29. The predicted octanol–water partition coefficient (Wildman–Crippen LogP) is 3.00. The molecule has 0 amide bonds. The molecule has 0 radical (unpaired) electrons. The summed E-state index contributed by atoms with van der Waals surface area (Å²) in [5.41, 5.74) is 0. The van der Waals surface area contributed by atoms with Crippen molar-refractivity contribution in [3.05, 3.63) is 21.3 Å². The highest BCUT2D eigenvalue weighted by Gasteiger charge is 2.27. The van der Waals surface area contributed by atoms with E-state index in [9.17, 15) is 4.79 Å². The van der Waals surface area contributed by atoms with Crippen LogP contribution in [0.25, 0.3) is 0 Å². The molecule has 1 fully saturated rings. The van der Waals surface area contributed by atoms with E-state index >= 15 is 0 Å². The molecule has 0 saturated carbocycles. The van der Waals surface area contributed by atoms with Gasteiger partial charge >= 0.3 is 0 Å². The van der Waals surface area contributed by atoms with Crippen molar-refractivity contribution < 1.29 is 4.79 Å². The quantitative estimate of drug-likeness (QED) is 0.781. The van der Waals surface area contributed by atoms with Gasteiger partial charge in [0.2, 0.25) is 0 Å². The molecule has 2 unspecified atom stereocenters. The monoisotopic (exact) mass is 300 g/mol. The highest BCUT2D eigenvalue weighted by Crippen LogP contribution is 2.24. The maximum absolute atomic E-state index is 12.4. The Bertz CT molecular complexity index is 448. The molecule has 1 aromatic rings. The summed E-state index contributed by atoms with van der Waals surface area (Å²) in [5, 5.41) is 0. The molecule has 0 spiro atoms. The average Bonchev–Trinajstić information content (AvgIpc) is 2.97. The Morgan fingerprint density at radius 2 is 2.37 bits per heavy atom. The van der Waals surface area contributed by atoms with E-state index in [0.29, 0.717) is 10.4 Å². The minimum absolute atomic E-state index is 0.0938. The molecule has 0 bridgehead atoms. The molecule has 1 aliphatic heterocycles. The Morgan fingerprint density at radius 1 is 1.63 bits per heavy atom. The van der Waals surface area contributed by atoms with Crippen LogP contribution in [0.15, 0.2) is 12.1 Å². The molecule has 2 heterocycles. The fraction of sp³-hybridized carbons (Fsp3) is 0.643. The number of nitrogens with zero attached hydrogens (tertiary/aromatic N) is 2. The number of likely N-dealkylation sites (N-methyl/N-ethyl adjacent to an activating group) is 2.